The van der Waals surface area contributed by atoms with Crippen LogP contribution in [0.5, 0.6) is 0 Å². The molecule has 14 heavy (non-hydrogen) atoms. The van der Waals surface area contributed by atoms with E-state index in [0.717, 1.165) is 25.7 Å². The van der Waals surface area contributed by atoms with E-state index in [1.807, 2.05) is 0 Å². The standard InChI is InChI=1S/C10H18FNO2/c1-10(14,12-9-13)7-5-3-2-4-6-8-11/h14H,2-8H2,1H3. The lowest BCUT2D eigenvalue weighted by Gasteiger charge is -2.15. The van der Waals surface area contributed by atoms with Gasteiger partial charge in [0.05, 0.1) is 6.67 Å². The van der Waals surface area contributed by atoms with Gasteiger partial charge in [0.15, 0.2) is 5.72 Å². The minimum atomic E-state index is -1.28. The number of nitrogens with zero attached hydrogens (tertiary/aromatic N) is 1. The van der Waals surface area contributed by atoms with E-state index in [9.17, 15) is 14.3 Å². The van der Waals surface area contributed by atoms with Gasteiger partial charge < -0.3 is 5.11 Å². The van der Waals surface area contributed by atoms with Crippen LogP contribution in [0.1, 0.15) is 45.4 Å². The summed E-state index contributed by atoms with van der Waals surface area (Å²) < 4.78 is 11.7. The fourth-order valence-corrected chi connectivity index (χ4v) is 1.24. The van der Waals surface area contributed by atoms with Gasteiger partial charge >= 0.3 is 0 Å². The normalized spacial score (nSPS) is 14.5. The van der Waals surface area contributed by atoms with Crippen LogP contribution >= 0.6 is 0 Å². The Morgan fingerprint density at radius 1 is 1.29 bits per heavy atom. The molecule has 0 fully saturated rings. The Labute approximate surface area is 84.0 Å². The summed E-state index contributed by atoms with van der Waals surface area (Å²) in [4.78, 5) is 13.2. The van der Waals surface area contributed by atoms with Crippen LogP contribution in [0.15, 0.2) is 4.99 Å². The minimum absolute atomic E-state index is 0.257. The summed E-state index contributed by atoms with van der Waals surface area (Å²) in [7, 11) is 0. The highest BCUT2D eigenvalue weighted by molar-refractivity contribution is 5.33. The molecule has 0 spiro atoms. The zero-order valence-electron chi connectivity index (χ0n) is 8.63. The Kier molecular flexibility index (Phi) is 7.25. The van der Waals surface area contributed by atoms with Gasteiger partial charge in [0.25, 0.3) is 0 Å². The molecule has 0 rings (SSSR count). The van der Waals surface area contributed by atoms with Gasteiger partial charge in [0.1, 0.15) is 0 Å². The number of aliphatic hydroxyl groups is 1. The zero-order valence-corrected chi connectivity index (χ0v) is 8.63. The topological polar surface area (TPSA) is 49.7 Å². The molecule has 0 saturated heterocycles. The van der Waals surface area contributed by atoms with Crippen LogP contribution in [-0.4, -0.2) is 23.6 Å². The Hall–Kier alpha value is -0.730. The molecule has 0 radical (unpaired) electrons. The van der Waals surface area contributed by atoms with Crippen molar-refractivity contribution in [2.24, 2.45) is 4.99 Å². The van der Waals surface area contributed by atoms with E-state index in [4.69, 9.17) is 0 Å². The molecule has 0 aromatic heterocycles. The predicted octanol–water partition coefficient (Wildman–Crippen LogP) is 2.34. The number of aliphatic imine (C=N–C) groups is 1. The van der Waals surface area contributed by atoms with Crippen molar-refractivity contribution in [2.75, 3.05) is 6.67 Å². The van der Waals surface area contributed by atoms with Gasteiger partial charge in [-0.05, 0) is 26.2 Å². The number of isocyanates is 1. The third-order valence-electron chi connectivity index (χ3n) is 2.07. The first-order valence-electron chi connectivity index (χ1n) is 5.00. The van der Waals surface area contributed by atoms with E-state index in [1.54, 1.807) is 0 Å². The summed E-state index contributed by atoms with van der Waals surface area (Å²) in [5.41, 5.74) is -1.28. The molecule has 0 aliphatic carbocycles. The molecular weight excluding hydrogens is 185 g/mol. The van der Waals surface area contributed by atoms with Gasteiger partial charge in [-0.15, -0.1) is 0 Å². The van der Waals surface area contributed by atoms with E-state index in [1.165, 1.54) is 13.0 Å². The molecule has 0 aromatic carbocycles. The molecule has 1 unspecified atom stereocenters. The van der Waals surface area contributed by atoms with Crippen molar-refractivity contribution in [1.29, 1.82) is 0 Å². The number of halogens is 1. The average Bonchev–Trinajstić information content (AvgIpc) is 2.11. The second-order valence-electron chi connectivity index (χ2n) is 3.63. The molecular formula is C10H18FNO2. The number of hydrogen-bond donors (Lipinski definition) is 1. The van der Waals surface area contributed by atoms with Crippen LogP contribution in [-0.2, 0) is 4.79 Å². The quantitative estimate of drug-likeness (QED) is 0.374. The van der Waals surface area contributed by atoms with Crippen molar-refractivity contribution >= 4 is 6.08 Å². The molecule has 0 saturated carbocycles. The van der Waals surface area contributed by atoms with Gasteiger partial charge in [-0.3, -0.25) is 4.39 Å². The molecule has 82 valence electrons. The molecule has 0 bridgehead atoms. The van der Waals surface area contributed by atoms with E-state index >= 15 is 0 Å². The van der Waals surface area contributed by atoms with Crippen molar-refractivity contribution in [3.8, 4) is 0 Å². The summed E-state index contributed by atoms with van der Waals surface area (Å²) >= 11 is 0. The summed E-state index contributed by atoms with van der Waals surface area (Å²) in [5.74, 6) is 0. The lowest BCUT2D eigenvalue weighted by Crippen LogP contribution is -2.20. The number of unbranched alkanes of at least 4 members (excludes halogenated alkanes) is 4. The maximum Gasteiger partial charge on any atom is 0.237 e. The Balaban J connectivity index is 3.39. The van der Waals surface area contributed by atoms with Crippen molar-refractivity contribution in [1.82, 2.24) is 0 Å². The average molecular weight is 203 g/mol. The molecule has 1 atom stereocenters. The van der Waals surface area contributed by atoms with E-state index < -0.39 is 5.72 Å². The second-order valence-corrected chi connectivity index (χ2v) is 3.63. The lowest BCUT2D eigenvalue weighted by atomic mass is 10.1. The highest BCUT2D eigenvalue weighted by Gasteiger charge is 2.17. The van der Waals surface area contributed by atoms with Crippen molar-refractivity contribution < 1.29 is 14.3 Å². The molecule has 3 nitrogen and oxygen atoms in total. The van der Waals surface area contributed by atoms with Crippen LogP contribution in [0, 0.1) is 0 Å². The summed E-state index contributed by atoms with van der Waals surface area (Å²) in [6.07, 6.45) is 5.99. The fraction of sp³-hybridized carbons (Fsp3) is 0.900. The molecule has 0 aliphatic heterocycles. The van der Waals surface area contributed by atoms with E-state index in [2.05, 4.69) is 4.99 Å². The van der Waals surface area contributed by atoms with Crippen LogP contribution in [0.4, 0.5) is 4.39 Å². The van der Waals surface area contributed by atoms with Gasteiger partial charge in [0.2, 0.25) is 6.08 Å². The molecule has 0 aliphatic rings. The van der Waals surface area contributed by atoms with Gasteiger partial charge in [-0.1, -0.05) is 19.3 Å². The molecule has 0 amide bonds. The summed E-state index contributed by atoms with van der Waals surface area (Å²) in [5, 5.41) is 9.43. The van der Waals surface area contributed by atoms with E-state index in [0.29, 0.717) is 12.8 Å². The van der Waals surface area contributed by atoms with Crippen molar-refractivity contribution in [3.63, 3.8) is 0 Å². The van der Waals surface area contributed by atoms with Gasteiger partial charge in [0, 0.05) is 0 Å². The molecule has 0 heterocycles. The highest BCUT2D eigenvalue weighted by Crippen LogP contribution is 2.16. The second kappa shape index (κ2) is 7.65. The Bertz CT molecular complexity index is 189. The number of alkyl halides is 1. The third-order valence-corrected chi connectivity index (χ3v) is 2.07. The van der Waals surface area contributed by atoms with Crippen molar-refractivity contribution in [3.05, 3.63) is 0 Å². The van der Waals surface area contributed by atoms with Crippen LogP contribution < -0.4 is 0 Å². The number of carbonyl (C=O) groups excluding carboxylic acids is 1. The van der Waals surface area contributed by atoms with Crippen molar-refractivity contribution in [2.45, 2.75) is 51.2 Å². The van der Waals surface area contributed by atoms with Crippen LogP contribution in [0.3, 0.4) is 0 Å². The lowest BCUT2D eigenvalue weighted by molar-refractivity contribution is 0.0577. The summed E-state index contributed by atoms with van der Waals surface area (Å²) in [6, 6.07) is 0. The van der Waals surface area contributed by atoms with Crippen LogP contribution in [0.2, 0.25) is 0 Å². The number of hydrogen-bond acceptors (Lipinski definition) is 3. The van der Waals surface area contributed by atoms with Crippen LogP contribution in [0.25, 0.3) is 0 Å². The summed E-state index contributed by atoms with van der Waals surface area (Å²) in [6.45, 7) is 1.23. The minimum Gasteiger partial charge on any atom is -0.369 e. The molecule has 1 N–H and O–H groups in total. The maximum atomic E-state index is 11.7. The predicted molar refractivity (Wildman–Crippen MR) is 52.4 cm³/mol. The first-order valence-corrected chi connectivity index (χ1v) is 5.00. The first-order chi connectivity index (χ1) is 6.62. The number of rotatable bonds is 8. The fourth-order valence-electron chi connectivity index (χ4n) is 1.24. The first kappa shape index (κ1) is 13.3. The molecule has 4 heteroatoms. The highest BCUT2D eigenvalue weighted by atomic mass is 19.1. The smallest absolute Gasteiger partial charge is 0.237 e. The largest absolute Gasteiger partial charge is 0.369 e. The van der Waals surface area contributed by atoms with Gasteiger partial charge in [-0.2, -0.15) is 4.99 Å². The maximum absolute atomic E-state index is 11.7. The van der Waals surface area contributed by atoms with E-state index in [-0.39, 0.29) is 6.67 Å². The SMILES string of the molecule is CC(O)(CCCCCCCF)N=C=O. The van der Waals surface area contributed by atoms with Gasteiger partial charge in [-0.25, -0.2) is 4.79 Å². The Morgan fingerprint density at radius 3 is 2.43 bits per heavy atom. The monoisotopic (exact) mass is 203 g/mol. The Morgan fingerprint density at radius 2 is 1.86 bits per heavy atom. The zero-order chi connectivity index (χ0) is 10.9. The third kappa shape index (κ3) is 7.90. The molecule has 0 aromatic rings.